The van der Waals surface area contributed by atoms with Crippen molar-refractivity contribution in [2.75, 3.05) is 0 Å². The third-order valence-electron chi connectivity index (χ3n) is 3.31. The van der Waals surface area contributed by atoms with Crippen LogP contribution in [0, 0.1) is 10.1 Å². The van der Waals surface area contributed by atoms with Gasteiger partial charge in [-0.05, 0) is 18.9 Å². The van der Waals surface area contributed by atoms with Gasteiger partial charge in [0.25, 0.3) is 12.2 Å². The average molecular weight is 297 g/mol. The van der Waals surface area contributed by atoms with Crippen molar-refractivity contribution in [2.45, 2.75) is 44.5 Å². The number of hydrogen-bond donors (Lipinski definition) is 2. The van der Waals surface area contributed by atoms with Gasteiger partial charge in [0, 0.05) is 6.07 Å². The minimum absolute atomic E-state index is 0.0720. The Balaban J connectivity index is 0.000000677. The Hall–Kier alpha value is -1.99. The van der Waals surface area contributed by atoms with Crippen molar-refractivity contribution in [1.82, 2.24) is 0 Å². The van der Waals surface area contributed by atoms with E-state index in [-0.39, 0.29) is 24.9 Å². The van der Waals surface area contributed by atoms with Gasteiger partial charge in [-0.1, -0.05) is 25.0 Å². The SMILES string of the molecule is O=CO.O=[N+]([O-])c1ccccc1COC1CCCCC1O. The number of para-hydroxylation sites is 1. The van der Waals surface area contributed by atoms with Gasteiger partial charge in [0.15, 0.2) is 0 Å². The van der Waals surface area contributed by atoms with E-state index in [9.17, 15) is 15.2 Å². The summed E-state index contributed by atoms with van der Waals surface area (Å²) in [6.45, 7) is -0.0706. The molecule has 2 unspecified atom stereocenters. The normalized spacial score (nSPS) is 21.0. The van der Waals surface area contributed by atoms with Crippen molar-refractivity contribution in [1.29, 1.82) is 0 Å². The lowest BCUT2D eigenvalue weighted by atomic mass is 9.95. The van der Waals surface area contributed by atoms with Gasteiger partial charge in [0.05, 0.1) is 29.3 Å². The molecule has 116 valence electrons. The molecule has 1 fully saturated rings. The first-order valence-corrected chi connectivity index (χ1v) is 6.70. The molecule has 0 radical (unpaired) electrons. The Morgan fingerprint density at radius 3 is 2.57 bits per heavy atom. The maximum Gasteiger partial charge on any atom is 0.290 e. The van der Waals surface area contributed by atoms with E-state index < -0.39 is 11.0 Å². The maximum absolute atomic E-state index is 10.8. The van der Waals surface area contributed by atoms with E-state index >= 15 is 0 Å². The Labute approximate surface area is 122 Å². The van der Waals surface area contributed by atoms with Crippen LogP contribution in [0.25, 0.3) is 0 Å². The van der Waals surface area contributed by atoms with E-state index in [1.807, 2.05) is 0 Å². The number of benzene rings is 1. The number of carboxylic acid groups (broad SMARTS) is 1. The zero-order valence-electron chi connectivity index (χ0n) is 11.6. The van der Waals surface area contributed by atoms with E-state index in [0.29, 0.717) is 5.56 Å². The fraction of sp³-hybridized carbons (Fsp3) is 0.500. The number of aliphatic hydroxyl groups excluding tert-OH is 1. The highest BCUT2D eigenvalue weighted by Gasteiger charge is 2.24. The molecule has 1 aliphatic rings. The minimum Gasteiger partial charge on any atom is -0.483 e. The van der Waals surface area contributed by atoms with Gasteiger partial charge in [0.1, 0.15) is 0 Å². The summed E-state index contributed by atoms with van der Waals surface area (Å²) in [7, 11) is 0. The summed E-state index contributed by atoms with van der Waals surface area (Å²) in [5.74, 6) is 0. The van der Waals surface area contributed by atoms with E-state index in [1.54, 1.807) is 18.2 Å². The van der Waals surface area contributed by atoms with Crippen LogP contribution in [-0.4, -0.2) is 33.8 Å². The summed E-state index contributed by atoms with van der Waals surface area (Å²) in [6.07, 6.45) is 2.99. The lowest BCUT2D eigenvalue weighted by molar-refractivity contribution is -0.386. The third kappa shape index (κ3) is 5.49. The number of aliphatic hydroxyl groups is 1. The monoisotopic (exact) mass is 297 g/mol. The molecular formula is C14H19NO6. The van der Waals surface area contributed by atoms with Crippen LogP contribution >= 0.6 is 0 Å². The van der Waals surface area contributed by atoms with E-state index in [0.717, 1.165) is 25.7 Å². The quantitative estimate of drug-likeness (QED) is 0.500. The molecule has 1 aliphatic carbocycles. The molecule has 0 spiro atoms. The fourth-order valence-corrected chi connectivity index (χ4v) is 2.28. The molecule has 0 bridgehead atoms. The van der Waals surface area contributed by atoms with Gasteiger partial charge in [-0.15, -0.1) is 0 Å². The Bertz CT molecular complexity index is 465. The van der Waals surface area contributed by atoms with Gasteiger partial charge >= 0.3 is 0 Å². The summed E-state index contributed by atoms with van der Waals surface area (Å²) in [5.41, 5.74) is 0.628. The Morgan fingerprint density at radius 1 is 1.33 bits per heavy atom. The zero-order valence-corrected chi connectivity index (χ0v) is 11.6. The standard InChI is InChI=1S/C13H17NO4.CH2O2/c15-12-7-3-4-8-13(12)18-9-10-5-1-2-6-11(10)14(16)17;2-1-3/h1-2,5-6,12-13,15H,3-4,7-9H2;1H,(H,2,3). The van der Waals surface area contributed by atoms with Crippen LogP contribution in [0.15, 0.2) is 24.3 Å². The van der Waals surface area contributed by atoms with Crippen molar-refractivity contribution in [3.8, 4) is 0 Å². The second-order valence-corrected chi connectivity index (χ2v) is 4.69. The van der Waals surface area contributed by atoms with Gasteiger partial charge in [0.2, 0.25) is 0 Å². The van der Waals surface area contributed by atoms with Crippen LogP contribution in [-0.2, 0) is 16.1 Å². The predicted octanol–water partition coefficient (Wildman–Crippen LogP) is 2.12. The smallest absolute Gasteiger partial charge is 0.290 e. The van der Waals surface area contributed by atoms with Gasteiger partial charge in [-0.3, -0.25) is 14.9 Å². The third-order valence-corrected chi connectivity index (χ3v) is 3.31. The van der Waals surface area contributed by atoms with Crippen LogP contribution < -0.4 is 0 Å². The van der Waals surface area contributed by atoms with Crippen LogP contribution in [0.1, 0.15) is 31.2 Å². The molecule has 1 aromatic rings. The number of hydrogen-bond acceptors (Lipinski definition) is 5. The fourth-order valence-electron chi connectivity index (χ4n) is 2.28. The molecule has 0 heterocycles. The second kappa shape index (κ2) is 9.04. The number of nitrogens with zero attached hydrogens (tertiary/aromatic N) is 1. The number of nitro groups is 1. The first kappa shape index (κ1) is 17.1. The summed E-state index contributed by atoms with van der Waals surface area (Å²) in [6, 6.07) is 6.55. The first-order valence-electron chi connectivity index (χ1n) is 6.70. The molecule has 7 nitrogen and oxygen atoms in total. The van der Waals surface area contributed by atoms with Gasteiger partial charge < -0.3 is 14.9 Å². The molecule has 0 amide bonds. The highest BCUT2D eigenvalue weighted by Crippen LogP contribution is 2.24. The van der Waals surface area contributed by atoms with Crippen LogP contribution in [0.2, 0.25) is 0 Å². The lowest BCUT2D eigenvalue weighted by Gasteiger charge is -2.27. The first-order chi connectivity index (χ1) is 10.1. The van der Waals surface area contributed by atoms with Crippen LogP contribution in [0.3, 0.4) is 0 Å². The molecule has 0 aromatic heterocycles. The molecule has 2 atom stereocenters. The highest BCUT2D eigenvalue weighted by molar-refractivity contribution is 5.39. The number of rotatable bonds is 4. The summed E-state index contributed by atoms with van der Waals surface area (Å²) in [5, 5.41) is 27.5. The zero-order chi connectivity index (χ0) is 15.7. The molecule has 7 heteroatoms. The Kier molecular flexibility index (Phi) is 7.34. The van der Waals surface area contributed by atoms with Crippen LogP contribution in [0.4, 0.5) is 5.69 Å². The molecule has 2 rings (SSSR count). The summed E-state index contributed by atoms with van der Waals surface area (Å²) >= 11 is 0. The molecule has 1 saturated carbocycles. The van der Waals surface area contributed by atoms with E-state index in [1.165, 1.54) is 6.07 Å². The molecule has 0 saturated heterocycles. The number of ether oxygens (including phenoxy) is 1. The van der Waals surface area contributed by atoms with Gasteiger partial charge in [-0.2, -0.15) is 0 Å². The predicted molar refractivity (Wildman–Crippen MR) is 74.8 cm³/mol. The van der Waals surface area contributed by atoms with Crippen molar-refractivity contribution in [2.24, 2.45) is 0 Å². The second-order valence-electron chi connectivity index (χ2n) is 4.69. The molecular weight excluding hydrogens is 278 g/mol. The molecule has 1 aromatic carbocycles. The number of carbonyl (C=O) groups is 1. The van der Waals surface area contributed by atoms with Crippen molar-refractivity contribution >= 4 is 12.2 Å². The molecule has 21 heavy (non-hydrogen) atoms. The van der Waals surface area contributed by atoms with E-state index in [4.69, 9.17) is 14.6 Å². The molecule has 0 aliphatic heterocycles. The molecule has 2 N–H and O–H groups in total. The average Bonchev–Trinajstić information content (AvgIpc) is 2.47. The van der Waals surface area contributed by atoms with Crippen LogP contribution in [0.5, 0.6) is 0 Å². The van der Waals surface area contributed by atoms with Crippen molar-refractivity contribution in [3.63, 3.8) is 0 Å². The summed E-state index contributed by atoms with van der Waals surface area (Å²) in [4.78, 5) is 18.8. The van der Waals surface area contributed by atoms with Crippen molar-refractivity contribution < 1.29 is 24.7 Å². The lowest BCUT2D eigenvalue weighted by Crippen LogP contribution is -2.32. The maximum atomic E-state index is 10.8. The minimum atomic E-state index is -0.443. The van der Waals surface area contributed by atoms with Crippen molar-refractivity contribution in [3.05, 3.63) is 39.9 Å². The largest absolute Gasteiger partial charge is 0.483 e. The topological polar surface area (TPSA) is 110 Å². The highest BCUT2D eigenvalue weighted by atomic mass is 16.6. The van der Waals surface area contributed by atoms with E-state index in [2.05, 4.69) is 0 Å². The summed E-state index contributed by atoms with van der Waals surface area (Å²) < 4.78 is 5.62. The number of nitro benzene ring substituents is 1. The van der Waals surface area contributed by atoms with Gasteiger partial charge in [-0.25, -0.2) is 0 Å². The Morgan fingerprint density at radius 2 is 1.95 bits per heavy atom.